The second-order valence-corrected chi connectivity index (χ2v) is 4.58. The molecule has 9 nitrogen and oxygen atoms in total. The van der Waals surface area contributed by atoms with Gasteiger partial charge in [0, 0.05) is 6.54 Å². The predicted molar refractivity (Wildman–Crippen MR) is 67.2 cm³/mol. The zero-order valence-corrected chi connectivity index (χ0v) is 10.9. The van der Waals surface area contributed by atoms with Crippen molar-refractivity contribution in [1.82, 2.24) is 10.2 Å². The molecule has 0 aromatic rings. The minimum Gasteiger partial charge on any atom is -0.480 e. The Kier molecular flexibility index (Phi) is 5.44. The molecule has 0 aliphatic carbocycles. The van der Waals surface area contributed by atoms with E-state index in [0.29, 0.717) is 19.4 Å². The molecule has 1 fully saturated rings. The smallest absolute Gasteiger partial charge is 0.322 e. The highest BCUT2D eigenvalue weighted by molar-refractivity contribution is 5.93. The molecular formula is C11H18N4O5. The number of carbonyl (C=O) groups excluding carboxylic acids is 3. The molecule has 0 spiro atoms. The van der Waals surface area contributed by atoms with Gasteiger partial charge < -0.3 is 26.8 Å². The molecule has 1 aliphatic rings. The van der Waals surface area contributed by atoms with E-state index in [2.05, 4.69) is 5.32 Å². The molecule has 1 heterocycles. The molecule has 1 aliphatic heterocycles. The standard InChI is InChI=1S/C11H18N4O5/c12-6(4-8(13)16)11(20)15-3-1-2-7(15)10(19)14-5-9(17)18/h6-7H,1-5,12H2,(H2,13,16)(H,14,19)(H,17,18)/t6-,7-/m0/s1. The van der Waals surface area contributed by atoms with E-state index in [1.54, 1.807) is 0 Å². The number of hydrogen-bond donors (Lipinski definition) is 4. The van der Waals surface area contributed by atoms with Gasteiger partial charge in [-0.1, -0.05) is 0 Å². The van der Waals surface area contributed by atoms with Crippen molar-refractivity contribution in [1.29, 1.82) is 0 Å². The summed E-state index contributed by atoms with van der Waals surface area (Å²) < 4.78 is 0. The Bertz CT molecular complexity index is 425. The number of carboxylic acids is 1. The number of amides is 3. The van der Waals surface area contributed by atoms with Crippen LogP contribution >= 0.6 is 0 Å². The molecule has 0 saturated carbocycles. The molecule has 0 unspecified atom stereocenters. The summed E-state index contributed by atoms with van der Waals surface area (Å²) in [6.45, 7) is -0.166. The van der Waals surface area contributed by atoms with Crippen molar-refractivity contribution >= 4 is 23.7 Å². The number of carbonyl (C=O) groups is 4. The van der Waals surface area contributed by atoms with Gasteiger partial charge >= 0.3 is 5.97 Å². The number of carboxylic acid groups (broad SMARTS) is 1. The number of likely N-dealkylation sites (tertiary alicyclic amines) is 1. The third-order valence-corrected chi connectivity index (χ3v) is 2.99. The van der Waals surface area contributed by atoms with Crippen LogP contribution in [0.15, 0.2) is 0 Å². The van der Waals surface area contributed by atoms with Crippen molar-refractivity contribution in [3.8, 4) is 0 Å². The van der Waals surface area contributed by atoms with Gasteiger partial charge in [0.15, 0.2) is 0 Å². The van der Waals surface area contributed by atoms with Crippen LogP contribution in [0.1, 0.15) is 19.3 Å². The van der Waals surface area contributed by atoms with Crippen molar-refractivity contribution in [3.05, 3.63) is 0 Å². The monoisotopic (exact) mass is 286 g/mol. The molecule has 2 atom stereocenters. The molecule has 0 radical (unpaired) electrons. The van der Waals surface area contributed by atoms with Gasteiger partial charge in [0.25, 0.3) is 0 Å². The van der Waals surface area contributed by atoms with Crippen molar-refractivity contribution in [2.24, 2.45) is 11.5 Å². The molecule has 0 bridgehead atoms. The Morgan fingerprint density at radius 1 is 1.35 bits per heavy atom. The maximum Gasteiger partial charge on any atom is 0.322 e. The first kappa shape index (κ1) is 15.9. The van der Waals surface area contributed by atoms with Crippen molar-refractivity contribution in [2.75, 3.05) is 13.1 Å². The van der Waals surface area contributed by atoms with Crippen LogP contribution in [0.5, 0.6) is 0 Å². The molecule has 0 aromatic carbocycles. The number of rotatable bonds is 6. The number of nitrogens with zero attached hydrogens (tertiary/aromatic N) is 1. The lowest BCUT2D eigenvalue weighted by Crippen LogP contribution is -2.52. The van der Waals surface area contributed by atoms with Crippen LogP contribution in [0.3, 0.4) is 0 Å². The number of aliphatic carboxylic acids is 1. The van der Waals surface area contributed by atoms with E-state index in [-0.39, 0.29) is 6.42 Å². The molecule has 1 rings (SSSR count). The highest BCUT2D eigenvalue weighted by atomic mass is 16.4. The van der Waals surface area contributed by atoms with E-state index in [9.17, 15) is 19.2 Å². The van der Waals surface area contributed by atoms with Gasteiger partial charge in [-0.25, -0.2) is 0 Å². The maximum absolute atomic E-state index is 12.0. The summed E-state index contributed by atoms with van der Waals surface area (Å²) in [5, 5.41) is 10.7. The Morgan fingerprint density at radius 2 is 2.00 bits per heavy atom. The lowest BCUT2D eigenvalue weighted by molar-refractivity contribution is -0.142. The normalized spacial score (nSPS) is 19.4. The largest absolute Gasteiger partial charge is 0.480 e. The molecule has 9 heteroatoms. The fraction of sp³-hybridized carbons (Fsp3) is 0.636. The highest BCUT2D eigenvalue weighted by Gasteiger charge is 2.36. The number of primary amides is 1. The summed E-state index contributed by atoms with van der Waals surface area (Å²) in [6.07, 6.45) is 0.749. The summed E-state index contributed by atoms with van der Waals surface area (Å²) in [4.78, 5) is 46.3. The lowest BCUT2D eigenvalue weighted by atomic mass is 10.1. The molecule has 3 amide bonds. The first-order chi connectivity index (χ1) is 9.32. The summed E-state index contributed by atoms with van der Waals surface area (Å²) in [5.41, 5.74) is 10.5. The van der Waals surface area contributed by atoms with E-state index in [1.807, 2.05) is 0 Å². The first-order valence-corrected chi connectivity index (χ1v) is 6.16. The molecule has 6 N–H and O–H groups in total. The zero-order valence-electron chi connectivity index (χ0n) is 10.9. The quantitative estimate of drug-likeness (QED) is 0.419. The predicted octanol–water partition coefficient (Wildman–Crippen LogP) is -2.62. The van der Waals surface area contributed by atoms with E-state index in [4.69, 9.17) is 16.6 Å². The summed E-state index contributed by atoms with van der Waals surface area (Å²) in [5.74, 6) is -2.93. The topological polar surface area (TPSA) is 156 Å². The average Bonchev–Trinajstić information content (AvgIpc) is 2.83. The summed E-state index contributed by atoms with van der Waals surface area (Å²) in [7, 11) is 0. The van der Waals surface area contributed by atoms with E-state index < -0.39 is 42.3 Å². The minimum absolute atomic E-state index is 0.293. The summed E-state index contributed by atoms with van der Waals surface area (Å²) >= 11 is 0. The van der Waals surface area contributed by atoms with E-state index in [1.165, 1.54) is 4.90 Å². The lowest BCUT2D eigenvalue weighted by Gasteiger charge is -2.26. The van der Waals surface area contributed by atoms with Crippen molar-refractivity contribution in [2.45, 2.75) is 31.3 Å². The Balaban J connectivity index is 2.64. The highest BCUT2D eigenvalue weighted by Crippen LogP contribution is 2.18. The molecule has 0 aromatic heterocycles. The molecule has 20 heavy (non-hydrogen) atoms. The van der Waals surface area contributed by atoms with Crippen LogP contribution in [0, 0.1) is 0 Å². The molecule has 112 valence electrons. The number of nitrogens with two attached hydrogens (primary N) is 2. The van der Waals surface area contributed by atoms with E-state index in [0.717, 1.165) is 0 Å². The Labute approximate surface area is 115 Å². The maximum atomic E-state index is 12.0. The first-order valence-electron chi connectivity index (χ1n) is 6.16. The van der Waals surface area contributed by atoms with Crippen molar-refractivity contribution in [3.63, 3.8) is 0 Å². The minimum atomic E-state index is -1.17. The third-order valence-electron chi connectivity index (χ3n) is 2.99. The van der Waals surface area contributed by atoms with Gasteiger partial charge in [-0.2, -0.15) is 0 Å². The zero-order chi connectivity index (χ0) is 15.3. The van der Waals surface area contributed by atoms with E-state index >= 15 is 0 Å². The van der Waals surface area contributed by atoms with Crippen molar-refractivity contribution < 1.29 is 24.3 Å². The summed E-state index contributed by atoms with van der Waals surface area (Å²) in [6, 6.07) is -1.83. The Morgan fingerprint density at radius 3 is 2.55 bits per heavy atom. The number of hydrogen-bond acceptors (Lipinski definition) is 5. The van der Waals surface area contributed by atoms with Gasteiger partial charge in [-0.3, -0.25) is 19.2 Å². The second-order valence-electron chi connectivity index (χ2n) is 4.58. The van der Waals surface area contributed by atoms with Crippen LogP contribution in [0.2, 0.25) is 0 Å². The third kappa shape index (κ3) is 4.19. The SMILES string of the molecule is NC(=O)C[C@H](N)C(=O)N1CCC[C@H]1C(=O)NCC(=O)O. The number of nitrogens with one attached hydrogen (secondary N) is 1. The molecule has 1 saturated heterocycles. The van der Waals surface area contributed by atoms with Gasteiger partial charge in [0.2, 0.25) is 17.7 Å². The van der Waals surface area contributed by atoms with Crippen LogP contribution in [-0.4, -0.2) is 58.9 Å². The van der Waals surface area contributed by atoms with Crippen LogP contribution in [0.25, 0.3) is 0 Å². The Hall–Kier alpha value is -2.16. The fourth-order valence-corrected chi connectivity index (χ4v) is 2.10. The van der Waals surface area contributed by atoms with Crippen LogP contribution < -0.4 is 16.8 Å². The molecular weight excluding hydrogens is 268 g/mol. The second kappa shape index (κ2) is 6.85. The fourth-order valence-electron chi connectivity index (χ4n) is 2.10. The van der Waals surface area contributed by atoms with Crippen LogP contribution in [-0.2, 0) is 19.2 Å². The van der Waals surface area contributed by atoms with Gasteiger partial charge in [0.05, 0.1) is 12.5 Å². The van der Waals surface area contributed by atoms with Gasteiger partial charge in [0.1, 0.15) is 12.6 Å². The van der Waals surface area contributed by atoms with Gasteiger partial charge in [-0.05, 0) is 12.8 Å². The average molecular weight is 286 g/mol. The van der Waals surface area contributed by atoms with Gasteiger partial charge in [-0.15, -0.1) is 0 Å². The van der Waals surface area contributed by atoms with Crippen LogP contribution in [0.4, 0.5) is 0 Å².